The number of likely N-dealkylation sites (tertiary alicyclic amines) is 1. The van der Waals surface area contributed by atoms with Gasteiger partial charge in [-0.05, 0) is 49.9 Å². The van der Waals surface area contributed by atoms with Crippen LogP contribution in [0.3, 0.4) is 0 Å². The summed E-state index contributed by atoms with van der Waals surface area (Å²) in [4.78, 5) is 15.6. The molecule has 9 heteroatoms. The van der Waals surface area contributed by atoms with Gasteiger partial charge in [0.1, 0.15) is 5.75 Å². The van der Waals surface area contributed by atoms with E-state index in [-0.39, 0.29) is 17.9 Å². The summed E-state index contributed by atoms with van der Waals surface area (Å²) in [5.74, 6) is 0.794. The maximum atomic E-state index is 13.2. The second-order valence-electron chi connectivity index (χ2n) is 9.51. The number of aromatic nitrogens is 2. The molecule has 0 spiro atoms. The van der Waals surface area contributed by atoms with Crippen LogP contribution in [0.15, 0.2) is 54.7 Å². The molecule has 0 radical (unpaired) electrons. The van der Waals surface area contributed by atoms with Crippen LogP contribution < -0.4 is 10.1 Å². The molecule has 0 unspecified atom stereocenters. The topological polar surface area (TPSA) is 59.4 Å². The van der Waals surface area contributed by atoms with E-state index in [0.29, 0.717) is 16.9 Å². The van der Waals surface area contributed by atoms with Crippen LogP contribution in [0.4, 0.5) is 13.2 Å². The number of carbonyl (C=O) groups is 1. The fourth-order valence-corrected chi connectivity index (χ4v) is 4.88. The molecule has 2 aliphatic rings. The summed E-state index contributed by atoms with van der Waals surface area (Å²) in [5, 5.41) is 7.47. The first-order valence-corrected chi connectivity index (χ1v) is 12.2. The van der Waals surface area contributed by atoms with Gasteiger partial charge in [-0.2, -0.15) is 18.3 Å². The minimum absolute atomic E-state index is 0.0374. The Labute approximate surface area is 208 Å². The maximum Gasteiger partial charge on any atom is 0.416 e. The first kappa shape index (κ1) is 24.4. The van der Waals surface area contributed by atoms with E-state index in [1.54, 1.807) is 13.2 Å². The van der Waals surface area contributed by atoms with Crippen LogP contribution in [-0.2, 0) is 12.7 Å². The monoisotopic (exact) mass is 498 g/mol. The van der Waals surface area contributed by atoms with E-state index in [2.05, 4.69) is 21.4 Å². The van der Waals surface area contributed by atoms with Crippen molar-refractivity contribution in [3.05, 3.63) is 77.1 Å². The van der Waals surface area contributed by atoms with Crippen LogP contribution in [0.2, 0.25) is 0 Å². The molecule has 0 atom stereocenters. The van der Waals surface area contributed by atoms with Gasteiger partial charge >= 0.3 is 6.18 Å². The van der Waals surface area contributed by atoms with E-state index in [4.69, 9.17) is 4.74 Å². The van der Waals surface area contributed by atoms with Gasteiger partial charge in [0.15, 0.2) is 0 Å². The highest BCUT2D eigenvalue weighted by Crippen LogP contribution is 2.43. The van der Waals surface area contributed by atoms with Crippen molar-refractivity contribution in [1.29, 1.82) is 0 Å². The molecule has 6 nitrogen and oxygen atoms in total. The molecule has 1 aromatic heterocycles. The normalized spacial score (nSPS) is 17.2. The maximum absolute atomic E-state index is 13.2. The van der Waals surface area contributed by atoms with Gasteiger partial charge < -0.3 is 10.1 Å². The van der Waals surface area contributed by atoms with Crippen LogP contribution in [0, 0.1) is 0 Å². The number of hydrogen-bond donors (Lipinski definition) is 1. The number of benzene rings is 2. The standard InChI is InChI=1S/C27H29F3N4O2/c1-36-24-8-3-2-5-19(24)17-33-13-11-21(12-14-33)32-26(35)23-16-31-34(25(23)18-9-10-18)22-7-4-6-20(15-22)27(28,29)30/h2-8,15-16,18,21H,9-14,17H2,1H3,(H,32,35). The molecule has 1 aliphatic heterocycles. The van der Waals surface area contributed by atoms with E-state index in [1.807, 2.05) is 18.2 Å². The Balaban J connectivity index is 1.25. The Bertz CT molecular complexity index is 1230. The number of rotatable bonds is 7. The number of hydrogen-bond acceptors (Lipinski definition) is 4. The molecule has 1 saturated heterocycles. The summed E-state index contributed by atoms with van der Waals surface area (Å²) >= 11 is 0. The Morgan fingerprint density at radius 1 is 1.08 bits per heavy atom. The number of methoxy groups -OCH3 is 1. The molecule has 2 fully saturated rings. The Morgan fingerprint density at radius 3 is 2.53 bits per heavy atom. The molecule has 1 N–H and O–H groups in total. The van der Waals surface area contributed by atoms with E-state index in [1.165, 1.54) is 16.9 Å². The molecule has 36 heavy (non-hydrogen) atoms. The average molecular weight is 499 g/mol. The molecule has 190 valence electrons. The van der Waals surface area contributed by atoms with Gasteiger partial charge in [0.05, 0.1) is 35.8 Å². The number of nitrogens with one attached hydrogen (secondary N) is 1. The lowest BCUT2D eigenvalue weighted by Crippen LogP contribution is -2.44. The van der Waals surface area contributed by atoms with E-state index in [9.17, 15) is 18.0 Å². The van der Waals surface area contributed by atoms with Crippen LogP contribution >= 0.6 is 0 Å². The molecule has 2 aromatic carbocycles. The highest BCUT2D eigenvalue weighted by molar-refractivity contribution is 5.95. The summed E-state index contributed by atoms with van der Waals surface area (Å²) < 4.78 is 46.7. The van der Waals surface area contributed by atoms with Crippen molar-refractivity contribution in [2.45, 2.75) is 50.4 Å². The zero-order valence-corrected chi connectivity index (χ0v) is 20.1. The number of alkyl halides is 3. The summed E-state index contributed by atoms with van der Waals surface area (Å²) in [6.45, 7) is 2.49. The van der Waals surface area contributed by atoms with Gasteiger partial charge in [0.2, 0.25) is 0 Å². The van der Waals surface area contributed by atoms with Crippen molar-refractivity contribution < 1.29 is 22.7 Å². The lowest BCUT2D eigenvalue weighted by atomic mass is 10.0. The quantitative estimate of drug-likeness (QED) is 0.488. The minimum Gasteiger partial charge on any atom is -0.496 e. The van der Waals surface area contributed by atoms with Crippen molar-refractivity contribution in [1.82, 2.24) is 20.0 Å². The summed E-state index contributed by atoms with van der Waals surface area (Å²) in [6, 6.07) is 13.1. The van der Waals surface area contributed by atoms with Crippen LogP contribution in [-0.4, -0.2) is 46.8 Å². The van der Waals surface area contributed by atoms with Gasteiger partial charge in [-0.25, -0.2) is 4.68 Å². The van der Waals surface area contributed by atoms with Crippen molar-refractivity contribution in [3.63, 3.8) is 0 Å². The molecule has 5 rings (SSSR count). The van der Waals surface area contributed by atoms with E-state index < -0.39 is 11.7 Å². The first-order valence-electron chi connectivity index (χ1n) is 12.2. The zero-order valence-electron chi connectivity index (χ0n) is 20.1. The first-order chi connectivity index (χ1) is 17.3. The third-order valence-corrected chi connectivity index (χ3v) is 6.94. The highest BCUT2D eigenvalue weighted by atomic mass is 19.4. The molecule has 2 heterocycles. The Kier molecular flexibility index (Phi) is 6.75. The number of nitrogens with zero attached hydrogens (tertiary/aromatic N) is 3. The number of ether oxygens (including phenoxy) is 1. The zero-order chi connectivity index (χ0) is 25.3. The van der Waals surface area contributed by atoms with Crippen molar-refractivity contribution >= 4 is 5.91 Å². The molecule has 1 saturated carbocycles. The van der Waals surface area contributed by atoms with Gasteiger partial charge in [0.25, 0.3) is 5.91 Å². The summed E-state index contributed by atoms with van der Waals surface area (Å²) in [6.07, 6.45) is 0.477. The summed E-state index contributed by atoms with van der Waals surface area (Å²) in [5.41, 5.74) is 1.86. The third kappa shape index (κ3) is 5.26. The van der Waals surface area contributed by atoms with Crippen LogP contribution in [0.1, 0.15) is 58.8 Å². The average Bonchev–Trinajstić information content (AvgIpc) is 3.62. The minimum atomic E-state index is -4.44. The fourth-order valence-electron chi connectivity index (χ4n) is 4.88. The van der Waals surface area contributed by atoms with Gasteiger partial charge in [-0.1, -0.05) is 24.3 Å². The lowest BCUT2D eigenvalue weighted by molar-refractivity contribution is -0.137. The Hall–Kier alpha value is -3.33. The van der Waals surface area contributed by atoms with Gasteiger partial charge in [-0.15, -0.1) is 0 Å². The second kappa shape index (κ2) is 9.97. The van der Waals surface area contributed by atoms with E-state index >= 15 is 0 Å². The van der Waals surface area contributed by atoms with Gasteiger partial charge in [0, 0.05) is 37.2 Å². The van der Waals surface area contributed by atoms with Crippen LogP contribution in [0.5, 0.6) is 5.75 Å². The van der Waals surface area contributed by atoms with Gasteiger partial charge in [-0.3, -0.25) is 9.69 Å². The van der Waals surface area contributed by atoms with E-state index in [0.717, 1.165) is 68.8 Å². The smallest absolute Gasteiger partial charge is 0.416 e. The number of halogens is 3. The predicted octanol–water partition coefficient (Wildman–Crippen LogP) is 5.17. The second-order valence-corrected chi connectivity index (χ2v) is 9.51. The molecule has 0 bridgehead atoms. The predicted molar refractivity (Wildman–Crippen MR) is 129 cm³/mol. The lowest BCUT2D eigenvalue weighted by Gasteiger charge is -2.32. The molecule has 3 aromatic rings. The largest absolute Gasteiger partial charge is 0.496 e. The molecular formula is C27H29F3N4O2. The van der Waals surface area contributed by atoms with Crippen molar-refractivity contribution in [3.8, 4) is 11.4 Å². The van der Waals surface area contributed by atoms with Crippen LogP contribution in [0.25, 0.3) is 5.69 Å². The number of para-hydroxylation sites is 1. The third-order valence-electron chi connectivity index (χ3n) is 6.94. The Morgan fingerprint density at radius 2 is 1.83 bits per heavy atom. The van der Waals surface area contributed by atoms with Crippen molar-refractivity contribution in [2.75, 3.05) is 20.2 Å². The fraction of sp³-hybridized carbons (Fsp3) is 0.407. The molecule has 1 aliphatic carbocycles. The number of amides is 1. The number of piperidine rings is 1. The van der Waals surface area contributed by atoms with Crippen molar-refractivity contribution in [2.24, 2.45) is 0 Å². The number of carbonyl (C=O) groups excluding carboxylic acids is 1. The molecule has 1 amide bonds. The molecular weight excluding hydrogens is 469 g/mol. The summed E-state index contributed by atoms with van der Waals surface area (Å²) in [7, 11) is 1.67. The SMILES string of the molecule is COc1ccccc1CN1CCC(NC(=O)c2cnn(-c3cccc(C(F)(F)F)c3)c2C2CC2)CC1. The highest BCUT2D eigenvalue weighted by Gasteiger charge is 2.35.